The molecule has 8 nitrogen and oxygen atoms in total. The second-order valence-corrected chi connectivity index (χ2v) is 10.4. The quantitative estimate of drug-likeness (QED) is 0.398. The first-order valence-corrected chi connectivity index (χ1v) is 13.4. The lowest BCUT2D eigenvalue weighted by Gasteiger charge is -2.35. The molecule has 0 bridgehead atoms. The number of aryl methyl sites for hydroxylation is 2. The summed E-state index contributed by atoms with van der Waals surface area (Å²) < 4.78 is 2.13. The summed E-state index contributed by atoms with van der Waals surface area (Å²) in [4.78, 5) is 37.1. The fourth-order valence-electron chi connectivity index (χ4n) is 5.21. The van der Waals surface area contributed by atoms with Gasteiger partial charge in [-0.2, -0.15) is 0 Å². The van der Waals surface area contributed by atoms with Gasteiger partial charge < -0.3 is 24.6 Å². The molecule has 0 radical (unpaired) electrons. The number of piperazine rings is 1. The first-order valence-electron chi connectivity index (χ1n) is 13.4. The lowest BCUT2D eigenvalue weighted by molar-refractivity contribution is 0.0748. The number of rotatable bonds is 7. The molecule has 4 aromatic rings. The Morgan fingerprint density at radius 3 is 2.38 bits per heavy atom. The molecule has 0 saturated carbocycles. The molecular formula is C31H36N6O2. The molecule has 1 aliphatic heterocycles. The standard InChI is InChI=1S/C31H36N6O2/c1-22-10-12-26-25(20-22)28(29(35(26)4)23-8-6-5-7-9-23)31(39)37-18-16-36(17-19-37)27-13-11-24(21-33-27)30(38)32-14-15-34(2)3/h5-13,20-21H,14-19H2,1-4H3,(H,32,38). The lowest BCUT2D eigenvalue weighted by Crippen LogP contribution is -2.49. The van der Waals surface area contributed by atoms with Gasteiger partial charge >= 0.3 is 0 Å². The van der Waals surface area contributed by atoms with Crippen LogP contribution in [0.1, 0.15) is 26.3 Å². The fourth-order valence-corrected chi connectivity index (χ4v) is 5.21. The minimum Gasteiger partial charge on any atom is -0.353 e. The van der Waals surface area contributed by atoms with E-state index in [1.165, 1.54) is 0 Å². The fraction of sp³-hybridized carbons (Fsp3) is 0.323. The number of hydrogen-bond acceptors (Lipinski definition) is 5. The minimum absolute atomic E-state index is 0.0578. The first kappa shape index (κ1) is 26.4. The highest BCUT2D eigenvalue weighted by Crippen LogP contribution is 2.35. The van der Waals surface area contributed by atoms with Gasteiger partial charge in [0.15, 0.2) is 0 Å². The normalized spacial score (nSPS) is 13.8. The van der Waals surface area contributed by atoms with Crippen LogP contribution in [0.5, 0.6) is 0 Å². The maximum Gasteiger partial charge on any atom is 0.256 e. The number of aromatic nitrogens is 2. The van der Waals surface area contributed by atoms with E-state index in [2.05, 4.69) is 57.0 Å². The zero-order chi connectivity index (χ0) is 27.5. The SMILES string of the molecule is Cc1ccc2c(c1)c(C(=O)N1CCN(c3ccc(C(=O)NCCN(C)C)cn3)CC1)c(-c1ccccc1)n2C. The molecule has 0 aliphatic carbocycles. The van der Waals surface area contributed by atoms with Crippen molar-refractivity contribution in [1.82, 2.24) is 24.7 Å². The van der Waals surface area contributed by atoms with E-state index in [9.17, 15) is 9.59 Å². The average Bonchev–Trinajstić information content (AvgIpc) is 3.24. The van der Waals surface area contributed by atoms with Crippen molar-refractivity contribution >= 4 is 28.5 Å². The van der Waals surface area contributed by atoms with Crippen LogP contribution in [0.4, 0.5) is 5.82 Å². The summed E-state index contributed by atoms with van der Waals surface area (Å²) in [5.41, 5.74) is 5.48. The van der Waals surface area contributed by atoms with Crippen LogP contribution in [0.25, 0.3) is 22.2 Å². The summed E-state index contributed by atoms with van der Waals surface area (Å²) in [5.74, 6) is 0.756. The number of carbonyl (C=O) groups is 2. The Kier molecular flexibility index (Phi) is 7.65. The van der Waals surface area contributed by atoms with Gasteiger partial charge in [-0.15, -0.1) is 0 Å². The van der Waals surface area contributed by atoms with Crippen LogP contribution in [0.15, 0.2) is 66.9 Å². The molecule has 0 spiro atoms. The monoisotopic (exact) mass is 524 g/mol. The predicted molar refractivity (Wildman–Crippen MR) is 156 cm³/mol. The summed E-state index contributed by atoms with van der Waals surface area (Å²) in [6.45, 7) is 5.99. The van der Waals surface area contributed by atoms with Crippen molar-refractivity contribution in [3.8, 4) is 11.3 Å². The van der Waals surface area contributed by atoms with Gasteiger partial charge in [-0.25, -0.2) is 4.98 Å². The third kappa shape index (κ3) is 5.52. The smallest absolute Gasteiger partial charge is 0.256 e. The third-order valence-electron chi connectivity index (χ3n) is 7.36. The second kappa shape index (κ2) is 11.3. The molecule has 1 aliphatic rings. The highest BCUT2D eigenvalue weighted by Gasteiger charge is 2.29. The van der Waals surface area contributed by atoms with Gasteiger partial charge in [-0.3, -0.25) is 9.59 Å². The number of fused-ring (bicyclic) bond motifs is 1. The van der Waals surface area contributed by atoms with Crippen LogP contribution >= 0.6 is 0 Å². The van der Waals surface area contributed by atoms with Crippen molar-refractivity contribution in [2.45, 2.75) is 6.92 Å². The maximum absolute atomic E-state index is 14.1. The van der Waals surface area contributed by atoms with E-state index in [4.69, 9.17) is 0 Å². The molecule has 2 aromatic heterocycles. The zero-order valence-corrected chi connectivity index (χ0v) is 23.1. The minimum atomic E-state index is -0.120. The highest BCUT2D eigenvalue weighted by molar-refractivity contribution is 6.13. The van der Waals surface area contributed by atoms with Crippen LogP contribution < -0.4 is 10.2 Å². The van der Waals surface area contributed by atoms with E-state index < -0.39 is 0 Å². The van der Waals surface area contributed by atoms with Gasteiger partial charge in [0, 0.05) is 63.4 Å². The number of nitrogens with zero attached hydrogens (tertiary/aromatic N) is 5. The molecule has 1 saturated heterocycles. The van der Waals surface area contributed by atoms with E-state index in [0.717, 1.165) is 45.6 Å². The molecular weight excluding hydrogens is 488 g/mol. The zero-order valence-electron chi connectivity index (χ0n) is 23.1. The van der Waals surface area contributed by atoms with Crippen molar-refractivity contribution in [2.75, 3.05) is 58.3 Å². The molecule has 2 aromatic carbocycles. The molecule has 2 amide bonds. The number of benzene rings is 2. The van der Waals surface area contributed by atoms with Crippen LogP contribution in [0, 0.1) is 6.92 Å². The van der Waals surface area contributed by atoms with Gasteiger partial charge in [-0.1, -0.05) is 42.0 Å². The highest BCUT2D eigenvalue weighted by atomic mass is 16.2. The molecule has 1 fully saturated rings. The molecule has 1 N–H and O–H groups in total. The number of nitrogens with one attached hydrogen (secondary N) is 1. The Bertz CT molecular complexity index is 1470. The average molecular weight is 525 g/mol. The van der Waals surface area contributed by atoms with Crippen LogP contribution in [0.3, 0.4) is 0 Å². The number of likely N-dealkylation sites (N-methyl/N-ethyl adjacent to an activating group) is 1. The maximum atomic E-state index is 14.1. The number of amides is 2. The van der Waals surface area contributed by atoms with E-state index in [-0.39, 0.29) is 11.8 Å². The molecule has 202 valence electrons. The van der Waals surface area contributed by atoms with E-state index in [1.54, 1.807) is 6.20 Å². The molecule has 0 atom stereocenters. The van der Waals surface area contributed by atoms with Crippen molar-refractivity contribution in [3.05, 3.63) is 83.6 Å². The van der Waals surface area contributed by atoms with Crippen molar-refractivity contribution in [1.29, 1.82) is 0 Å². The topological polar surface area (TPSA) is 73.7 Å². The van der Waals surface area contributed by atoms with E-state index in [1.807, 2.05) is 61.3 Å². The summed E-state index contributed by atoms with van der Waals surface area (Å²) in [6, 6.07) is 20.2. The van der Waals surface area contributed by atoms with Gasteiger partial charge in [0.05, 0.1) is 16.8 Å². The van der Waals surface area contributed by atoms with Crippen molar-refractivity contribution in [2.24, 2.45) is 7.05 Å². The molecule has 0 unspecified atom stereocenters. The number of anilines is 1. The van der Waals surface area contributed by atoms with Gasteiger partial charge in [-0.05, 0) is 50.8 Å². The molecule has 5 rings (SSSR count). The summed E-state index contributed by atoms with van der Waals surface area (Å²) in [7, 11) is 5.98. The van der Waals surface area contributed by atoms with Gasteiger partial charge in [0.2, 0.25) is 0 Å². The number of carbonyl (C=O) groups excluding carboxylic acids is 2. The Morgan fingerprint density at radius 2 is 1.72 bits per heavy atom. The third-order valence-corrected chi connectivity index (χ3v) is 7.36. The molecule has 3 heterocycles. The predicted octanol–water partition coefficient (Wildman–Crippen LogP) is 3.80. The van der Waals surface area contributed by atoms with E-state index >= 15 is 0 Å². The van der Waals surface area contributed by atoms with Crippen LogP contribution in [-0.4, -0.2) is 84.5 Å². The van der Waals surface area contributed by atoms with Crippen molar-refractivity contribution in [3.63, 3.8) is 0 Å². The number of hydrogen-bond donors (Lipinski definition) is 1. The molecule has 8 heteroatoms. The summed E-state index contributed by atoms with van der Waals surface area (Å²) >= 11 is 0. The Hall–Kier alpha value is -4.17. The summed E-state index contributed by atoms with van der Waals surface area (Å²) in [5, 5.41) is 3.91. The van der Waals surface area contributed by atoms with Crippen LogP contribution in [0.2, 0.25) is 0 Å². The van der Waals surface area contributed by atoms with Gasteiger partial charge in [0.1, 0.15) is 5.82 Å². The Balaban J connectivity index is 1.32. The molecule has 39 heavy (non-hydrogen) atoms. The lowest BCUT2D eigenvalue weighted by atomic mass is 10.0. The van der Waals surface area contributed by atoms with Crippen molar-refractivity contribution < 1.29 is 9.59 Å². The van der Waals surface area contributed by atoms with Gasteiger partial charge in [0.25, 0.3) is 11.8 Å². The second-order valence-electron chi connectivity index (χ2n) is 10.4. The Labute approximate surface area is 229 Å². The number of pyridine rings is 1. The van der Waals surface area contributed by atoms with Crippen LogP contribution in [-0.2, 0) is 7.05 Å². The Morgan fingerprint density at radius 1 is 0.974 bits per heavy atom. The van der Waals surface area contributed by atoms with E-state index in [0.29, 0.717) is 38.3 Å². The first-order chi connectivity index (χ1) is 18.8. The largest absolute Gasteiger partial charge is 0.353 e. The summed E-state index contributed by atoms with van der Waals surface area (Å²) in [6.07, 6.45) is 1.63.